The number of halogens is 2. The van der Waals surface area contributed by atoms with Gasteiger partial charge in [0.1, 0.15) is 5.60 Å². The smallest absolute Gasteiger partial charge is 0.407 e. The number of nitrogens with one attached hydrogen (secondary N) is 1. The first-order valence-corrected chi connectivity index (χ1v) is 13.8. The van der Waals surface area contributed by atoms with E-state index in [2.05, 4.69) is 72.1 Å². The van der Waals surface area contributed by atoms with E-state index in [0.717, 1.165) is 61.7 Å². The molecular formula is C28H36BrClN4O2. The Morgan fingerprint density at radius 1 is 1.06 bits per heavy atom. The van der Waals surface area contributed by atoms with Crippen LogP contribution in [0, 0.1) is 0 Å². The number of carbonyl (C=O) groups excluding carboxylic acids is 1. The number of amides is 1. The number of carbonyl (C=O) groups is 1. The molecule has 2 heterocycles. The van der Waals surface area contributed by atoms with Gasteiger partial charge in [-0.25, -0.2) is 4.79 Å². The van der Waals surface area contributed by atoms with Crippen LogP contribution in [0.1, 0.15) is 38.3 Å². The van der Waals surface area contributed by atoms with Gasteiger partial charge in [0.2, 0.25) is 0 Å². The summed E-state index contributed by atoms with van der Waals surface area (Å²) in [5.41, 5.74) is 3.25. The maximum atomic E-state index is 11.8. The predicted molar refractivity (Wildman–Crippen MR) is 150 cm³/mol. The van der Waals surface area contributed by atoms with E-state index >= 15 is 0 Å². The number of aryl methyl sites for hydroxylation is 1. The first-order valence-electron chi connectivity index (χ1n) is 12.6. The highest BCUT2D eigenvalue weighted by Gasteiger charge is 2.19. The zero-order valence-electron chi connectivity index (χ0n) is 21.4. The maximum Gasteiger partial charge on any atom is 0.407 e. The molecule has 0 saturated carbocycles. The van der Waals surface area contributed by atoms with Crippen LogP contribution < -0.4 is 5.32 Å². The van der Waals surface area contributed by atoms with Gasteiger partial charge in [-0.2, -0.15) is 0 Å². The molecule has 1 aliphatic rings. The second kappa shape index (κ2) is 12.0. The van der Waals surface area contributed by atoms with Gasteiger partial charge in [-0.05, 0) is 72.4 Å². The number of benzene rings is 2. The molecule has 3 aromatic rings. The number of nitrogens with zero attached hydrogens (tertiary/aromatic N) is 3. The molecule has 0 unspecified atom stereocenters. The molecule has 1 N–H and O–H groups in total. The summed E-state index contributed by atoms with van der Waals surface area (Å²) in [5, 5.41) is 4.92. The van der Waals surface area contributed by atoms with Crippen molar-refractivity contribution in [1.29, 1.82) is 0 Å². The maximum absolute atomic E-state index is 11.8. The molecule has 1 amide bonds. The van der Waals surface area contributed by atoms with Crippen LogP contribution in [0.3, 0.4) is 0 Å². The molecule has 1 fully saturated rings. The minimum absolute atomic E-state index is 0.365. The largest absolute Gasteiger partial charge is 0.444 e. The monoisotopic (exact) mass is 574 g/mol. The number of rotatable bonds is 8. The second-order valence-electron chi connectivity index (χ2n) is 10.4. The van der Waals surface area contributed by atoms with Crippen molar-refractivity contribution in [2.24, 2.45) is 0 Å². The lowest BCUT2D eigenvalue weighted by Gasteiger charge is -2.35. The molecule has 36 heavy (non-hydrogen) atoms. The Hall–Kier alpha value is -2.06. The fourth-order valence-electron chi connectivity index (χ4n) is 4.57. The number of ether oxygens (including phenoxy) is 1. The molecule has 1 aliphatic heterocycles. The van der Waals surface area contributed by atoms with Crippen LogP contribution in [-0.4, -0.2) is 58.8 Å². The molecule has 0 spiro atoms. The topological polar surface area (TPSA) is 49.7 Å². The lowest BCUT2D eigenvalue weighted by Crippen LogP contribution is -2.45. The molecule has 1 aromatic heterocycles. The summed E-state index contributed by atoms with van der Waals surface area (Å²) in [6.45, 7) is 13.1. The van der Waals surface area contributed by atoms with Crippen molar-refractivity contribution in [2.75, 3.05) is 32.7 Å². The van der Waals surface area contributed by atoms with Crippen molar-refractivity contribution in [3.63, 3.8) is 0 Å². The third-order valence-corrected chi connectivity index (χ3v) is 7.36. The van der Waals surface area contributed by atoms with Gasteiger partial charge in [0.15, 0.2) is 0 Å². The van der Waals surface area contributed by atoms with Crippen molar-refractivity contribution in [2.45, 2.75) is 52.4 Å². The van der Waals surface area contributed by atoms with Crippen LogP contribution >= 0.6 is 27.5 Å². The van der Waals surface area contributed by atoms with Crippen LogP contribution in [0.2, 0.25) is 5.02 Å². The molecular weight excluding hydrogens is 540 g/mol. The first-order chi connectivity index (χ1) is 17.2. The fraction of sp³-hybridized carbons (Fsp3) is 0.464. The Labute approximate surface area is 227 Å². The molecule has 1 saturated heterocycles. The van der Waals surface area contributed by atoms with E-state index in [9.17, 15) is 4.79 Å². The number of hydrogen-bond acceptors (Lipinski definition) is 4. The summed E-state index contributed by atoms with van der Waals surface area (Å²) in [5.74, 6) is 0. The Bertz CT molecular complexity index is 1180. The lowest BCUT2D eigenvalue weighted by atomic mass is 10.1. The van der Waals surface area contributed by atoms with Crippen molar-refractivity contribution in [3.05, 3.63) is 69.3 Å². The highest BCUT2D eigenvalue weighted by molar-refractivity contribution is 9.10. The van der Waals surface area contributed by atoms with Gasteiger partial charge in [0, 0.05) is 79.0 Å². The number of piperazine rings is 1. The number of aromatic nitrogens is 1. The van der Waals surface area contributed by atoms with Gasteiger partial charge in [-0.1, -0.05) is 35.9 Å². The summed E-state index contributed by atoms with van der Waals surface area (Å²) in [4.78, 5) is 16.8. The highest BCUT2D eigenvalue weighted by Crippen LogP contribution is 2.28. The van der Waals surface area contributed by atoms with Gasteiger partial charge in [0.05, 0.1) is 0 Å². The quantitative estimate of drug-likeness (QED) is 0.321. The average molecular weight is 576 g/mol. The molecule has 0 radical (unpaired) electrons. The van der Waals surface area contributed by atoms with E-state index < -0.39 is 5.60 Å². The lowest BCUT2D eigenvalue weighted by molar-refractivity contribution is 0.0526. The van der Waals surface area contributed by atoms with Gasteiger partial charge >= 0.3 is 6.09 Å². The van der Waals surface area contributed by atoms with Crippen LogP contribution in [0.15, 0.2) is 53.1 Å². The van der Waals surface area contributed by atoms with Crippen LogP contribution in [-0.2, 0) is 24.4 Å². The van der Waals surface area contributed by atoms with E-state index in [-0.39, 0.29) is 6.09 Å². The van der Waals surface area contributed by atoms with Crippen molar-refractivity contribution in [3.8, 4) is 0 Å². The zero-order valence-corrected chi connectivity index (χ0v) is 23.7. The van der Waals surface area contributed by atoms with E-state index in [0.29, 0.717) is 6.54 Å². The third kappa shape index (κ3) is 7.48. The summed E-state index contributed by atoms with van der Waals surface area (Å²) in [6.07, 6.45) is 2.60. The van der Waals surface area contributed by atoms with Crippen LogP contribution in [0.4, 0.5) is 4.79 Å². The molecule has 0 aliphatic carbocycles. The minimum atomic E-state index is -0.479. The Kier molecular flexibility index (Phi) is 8.99. The SMILES string of the molecule is CC(C)(C)OC(=O)NCCCn1cc(Br)c2cc(CN3CCN(Cc4ccccc4Cl)CC3)ccc21. The Balaban J connectivity index is 1.27. The van der Waals surface area contributed by atoms with Crippen LogP contribution in [0.25, 0.3) is 10.9 Å². The van der Waals surface area contributed by atoms with Gasteiger partial charge in [0.25, 0.3) is 0 Å². The average Bonchev–Trinajstić information content (AvgIpc) is 3.13. The fourth-order valence-corrected chi connectivity index (χ4v) is 5.33. The third-order valence-electron chi connectivity index (χ3n) is 6.36. The van der Waals surface area contributed by atoms with E-state index in [1.807, 2.05) is 32.9 Å². The summed E-state index contributed by atoms with van der Waals surface area (Å²) in [6, 6.07) is 14.9. The summed E-state index contributed by atoms with van der Waals surface area (Å²) < 4.78 is 8.65. The molecule has 0 atom stereocenters. The number of alkyl carbamates (subject to hydrolysis) is 1. The van der Waals surface area contributed by atoms with Crippen LogP contribution in [0.5, 0.6) is 0 Å². The Morgan fingerprint density at radius 3 is 2.44 bits per heavy atom. The summed E-state index contributed by atoms with van der Waals surface area (Å²) in [7, 11) is 0. The molecule has 2 aromatic carbocycles. The van der Waals surface area contributed by atoms with Gasteiger partial charge < -0.3 is 14.6 Å². The van der Waals surface area contributed by atoms with E-state index in [1.54, 1.807) is 0 Å². The number of fused-ring (bicyclic) bond motifs is 1. The standard InChI is InChI=1S/C28H36BrClN4O2/c1-28(2,3)36-27(35)31-11-6-12-34-20-24(29)23-17-21(9-10-26(23)34)18-32-13-15-33(16-14-32)19-22-7-4-5-8-25(22)30/h4-5,7-10,17,20H,6,11-16,18-19H2,1-3H3,(H,31,35). The summed E-state index contributed by atoms with van der Waals surface area (Å²) >= 11 is 10.1. The molecule has 8 heteroatoms. The molecule has 4 rings (SSSR count). The zero-order chi connectivity index (χ0) is 25.7. The minimum Gasteiger partial charge on any atom is -0.444 e. The normalized spacial score (nSPS) is 15.4. The van der Waals surface area contributed by atoms with Crippen molar-refractivity contribution in [1.82, 2.24) is 19.7 Å². The van der Waals surface area contributed by atoms with E-state index in [4.69, 9.17) is 16.3 Å². The second-order valence-corrected chi connectivity index (χ2v) is 11.7. The van der Waals surface area contributed by atoms with Crippen molar-refractivity contribution < 1.29 is 9.53 Å². The van der Waals surface area contributed by atoms with E-state index in [1.165, 1.54) is 22.0 Å². The molecule has 0 bridgehead atoms. The first kappa shape index (κ1) is 27.0. The Morgan fingerprint density at radius 2 is 1.75 bits per heavy atom. The van der Waals surface area contributed by atoms with Crippen molar-refractivity contribution >= 4 is 44.5 Å². The van der Waals surface area contributed by atoms with Gasteiger partial charge in [-0.15, -0.1) is 0 Å². The molecule has 6 nitrogen and oxygen atoms in total. The predicted octanol–water partition coefficient (Wildman–Crippen LogP) is 6.29. The highest BCUT2D eigenvalue weighted by atomic mass is 79.9. The van der Waals surface area contributed by atoms with Gasteiger partial charge in [-0.3, -0.25) is 9.80 Å². The number of hydrogen-bond donors (Lipinski definition) is 1. The molecule has 194 valence electrons.